The Balaban J connectivity index is 1.68. The average molecular weight is 357 g/mol. The fourth-order valence-electron chi connectivity index (χ4n) is 2.96. The van der Waals surface area contributed by atoms with Crippen molar-refractivity contribution in [1.82, 2.24) is 19.6 Å². The minimum atomic E-state index is -0.478. The number of methoxy groups -OCH3 is 1. The Hall–Kier alpha value is -2.81. The van der Waals surface area contributed by atoms with Gasteiger partial charge < -0.3 is 10.1 Å². The maximum Gasteiger partial charge on any atom is 0.341 e. The zero-order valence-electron chi connectivity index (χ0n) is 13.5. The Morgan fingerprint density at radius 2 is 2.16 bits per heavy atom. The number of aryl methyl sites for hydroxylation is 1. The number of thiophene rings is 1. The molecule has 0 saturated carbocycles. The van der Waals surface area contributed by atoms with Crippen molar-refractivity contribution in [2.45, 2.75) is 25.7 Å². The zero-order chi connectivity index (χ0) is 17.4. The van der Waals surface area contributed by atoms with Gasteiger partial charge in [0.05, 0.1) is 12.7 Å². The van der Waals surface area contributed by atoms with Crippen LogP contribution in [0, 0.1) is 0 Å². The third-order valence-corrected chi connectivity index (χ3v) is 5.31. The fourth-order valence-corrected chi connectivity index (χ4v) is 4.23. The summed E-state index contributed by atoms with van der Waals surface area (Å²) in [5.74, 6) is -0.569. The smallest absolute Gasteiger partial charge is 0.341 e. The van der Waals surface area contributed by atoms with Crippen molar-refractivity contribution in [2.24, 2.45) is 0 Å². The zero-order valence-corrected chi connectivity index (χ0v) is 14.3. The molecule has 3 aromatic rings. The first kappa shape index (κ1) is 15.7. The molecule has 4 rings (SSSR count). The van der Waals surface area contributed by atoms with Gasteiger partial charge in [-0.05, 0) is 37.3 Å². The molecule has 1 N–H and O–H groups in total. The fraction of sp³-hybridized carbons (Fsp3) is 0.312. The number of amides is 1. The van der Waals surface area contributed by atoms with Crippen LogP contribution in [-0.2, 0) is 17.6 Å². The summed E-state index contributed by atoms with van der Waals surface area (Å²) in [7, 11) is 1.34. The van der Waals surface area contributed by atoms with E-state index in [0.717, 1.165) is 36.1 Å². The molecule has 9 heteroatoms. The molecule has 0 saturated heterocycles. The molecule has 0 unspecified atom stereocenters. The first-order chi connectivity index (χ1) is 12.2. The molecule has 0 fully saturated rings. The summed E-state index contributed by atoms with van der Waals surface area (Å²) >= 11 is 1.42. The lowest BCUT2D eigenvalue weighted by Crippen LogP contribution is -2.16. The van der Waals surface area contributed by atoms with Crippen LogP contribution >= 0.6 is 11.3 Å². The molecule has 8 nitrogen and oxygen atoms in total. The quantitative estimate of drug-likeness (QED) is 0.721. The number of anilines is 1. The monoisotopic (exact) mass is 357 g/mol. The van der Waals surface area contributed by atoms with Gasteiger partial charge in [-0.2, -0.15) is 4.98 Å². The highest BCUT2D eigenvalue weighted by Crippen LogP contribution is 2.38. The Kier molecular flexibility index (Phi) is 3.92. The van der Waals surface area contributed by atoms with Crippen LogP contribution in [0.15, 0.2) is 18.5 Å². The second kappa shape index (κ2) is 6.25. The second-order valence-electron chi connectivity index (χ2n) is 5.66. The van der Waals surface area contributed by atoms with E-state index in [4.69, 9.17) is 4.74 Å². The number of nitrogens with zero attached hydrogens (tertiary/aromatic N) is 4. The van der Waals surface area contributed by atoms with E-state index in [2.05, 4.69) is 20.4 Å². The Labute approximate surface area is 146 Å². The van der Waals surface area contributed by atoms with Crippen LogP contribution in [0.4, 0.5) is 5.00 Å². The van der Waals surface area contributed by atoms with Gasteiger partial charge in [0.1, 0.15) is 5.00 Å². The van der Waals surface area contributed by atoms with Crippen molar-refractivity contribution in [3.63, 3.8) is 0 Å². The maximum absolute atomic E-state index is 12.5. The number of esters is 1. The summed E-state index contributed by atoms with van der Waals surface area (Å²) in [6.07, 6.45) is 7.09. The van der Waals surface area contributed by atoms with Crippen LogP contribution in [0.25, 0.3) is 5.78 Å². The molecule has 25 heavy (non-hydrogen) atoms. The molecule has 1 amide bonds. The predicted molar refractivity (Wildman–Crippen MR) is 91.0 cm³/mol. The highest BCUT2D eigenvalue weighted by atomic mass is 32.1. The van der Waals surface area contributed by atoms with E-state index in [1.807, 2.05) is 0 Å². The van der Waals surface area contributed by atoms with Crippen molar-refractivity contribution in [2.75, 3.05) is 12.4 Å². The highest BCUT2D eigenvalue weighted by molar-refractivity contribution is 7.17. The van der Waals surface area contributed by atoms with Gasteiger partial charge in [-0.15, -0.1) is 16.4 Å². The van der Waals surface area contributed by atoms with Gasteiger partial charge in [-0.1, -0.05) is 0 Å². The highest BCUT2D eigenvalue weighted by Gasteiger charge is 2.27. The Bertz CT molecular complexity index is 944. The Morgan fingerprint density at radius 1 is 1.32 bits per heavy atom. The molecule has 3 aromatic heterocycles. The summed E-state index contributed by atoms with van der Waals surface area (Å²) in [4.78, 5) is 34.0. The summed E-state index contributed by atoms with van der Waals surface area (Å²) in [6.45, 7) is 0. The molecule has 128 valence electrons. The van der Waals surface area contributed by atoms with Crippen molar-refractivity contribution >= 4 is 34.0 Å². The van der Waals surface area contributed by atoms with E-state index in [0.29, 0.717) is 16.3 Å². The van der Waals surface area contributed by atoms with Crippen LogP contribution in [0.3, 0.4) is 0 Å². The third-order valence-electron chi connectivity index (χ3n) is 4.11. The second-order valence-corrected chi connectivity index (χ2v) is 6.77. The first-order valence-electron chi connectivity index (χ1n) is 7.89. The summed E-state index contributed by atoms with van der Waals surface area (Å²) in [6, 6.07) is 1.70. The minimum Gasteiger partial charge on any atom is -0.465 e. The van der Waals surface area contributed by atoms with Gasteiger partial charge in [0.2, 0.25) is 5.82 Å². The molecule has 0 aromatic carbocycles. The number of hydrogen-bond acceptors (Lipinski definition) is 7. The third kappa shape index (κ3) is 2.76. The number of rotatable bonds is 3. The van der Waals surface area contributed by atoms with Gasteiger partial charge in [-0.25, -0.2) is 14.3 Å². The summed E-state index contributed by atoms with van der Waals surface area (Å²) in [5.41, 5.74) is 1.44. The number of nitrogens with one attached hydrogen (secondary N) is 1. The molecule has 0 atom stereocenters. The van der Waals surface area contributed by atoms with Gasteiger partial charge in [-0.3, -0.25) is 4.79 Å². The molecule has 0 aliphatic heterocycles. The molecule has 3 heterocycles. The number of ether oxygens (including phenoxy) is 1. The van der Waals surface area contributed by atoms with Crippen molar-refractivity contribution in [3.05, 3.63) is 40.3 Å². The van der Waals surface area contributed by atoms with Crippen molar-refractivity contribution < 1.29 is 14.3 Å². The Morgan fingerprint density at radius 3 is 2.96 bits per heavy atom. The van der Waals surface area contributed by atoms with E-state index < -0.39 is 11.9 Å². The lowest BCUT2D eigenvalue weighted by molar-refractivity contribution is 0.0601. The maximum atomic E-state index is 12.5. The van der Waals surface area contributed by atoms with Crippen molar-refractivity contribution in [3.8, 4) is 0 Å². The van der Waals surface area contributed by atoms with E-state index in [1.165, 1.54) is 23.0 Å². The SMILES string of the molecule is COC(=O)c1c(NC(=O)c2nc3ncccn3n2)sc2c1CCCC2. The molecular weight excluding hydrogens is 342 g/mol. The molecule has 1 aliphatic carbocycles. The number of carbonyl (C=O) groups excluding carboxylic acids is 2. The topological polar surface area (TPSA) is 98.5 Å². The van der Waals surface area contributed by atoms with E-state index in [9.17, 15) is 9.59 Å². The molecule has 0 bridgehead atoms. The van der Waals surface area contributed by atoms with Gasteiger partial charge in [0.25, 0.3) is 11.7 Å². The summed E-state index contributed by atoms with van der Waals surface area (Å²) in [5, 5.41) is 7.37. The normalized spacial score (nSPS) is 13.5. The number of aromatic nitrogens is 4. The molecule has 0 radical (unpaired) electrons. The van der Waals surface area contributed by atoms with Gasteiger partial charge in [0.15, 0.2) is 0 Å². The van der Waals surface area contributed by atoms with Crippen molar-refractivity contribution in [1.29, 1.82) is 0 Å². The summed E-state index contributed by atoms with van der Waals surface area (Å²) < 4.78 is 6.33. The van der Waals surface area contributed by atoms with Crippen LogP contribution in [0.1, 0.15) is 44.3 Å². The number of fused-ring (bicyclic) bond motifs is 2. The first-order valence-corrected chi connectivity index (χ1v) is 8.70. The standard InChI is InChI=1S/C16H15N5O3S/c1-24-15(23)11-9-5-2-3-6-10(9)25-14(11)19-13(22)12-18-16-17-7-4-8-21(16)20-12/h4,7-8H,2-3,5-6H2,1H3,(H,19,22). The van der Waals surface area contributed by atoms with Crippen LogP contribution < -0.4 is 5.32 Å². The van der Waals surface area contributed by atoms with E-state index in [1.54, 1.807) is 18.5 Å². The lowest BCUT2D eigenvalue weighted by atomic mass is 9.95. The van der Waals surface area contributed by atoms with Crippen LogP contribution in [-0.4, -0.2) is 38.6 Å². The predicted octanol–water partition coefficient (Wildman–Crippen LogP) is 2.10. The number of hydrogen-bond donors (Lipinski definition) is 1. The van der Waals surface area contributed by atoms with Crippen LogP contribution in [0.5, 0.6) is 0 Å². The number of carbonyl (C=O) groups is 2. The average Bonchev–Trinajstić information content (AvgIpc) is 3.22. The largest absolute Gasteiger partial charge is 0.465 e. The molecular formula is C16H15N5O3S. The van der Waals surface area contributed by atoms with E-state index in [-0.39, 0.29) is 5.82 Å². The molecule has 0 spiro atoms. The van der Waals surface area contributed by atoms with Gasteiger partial charge >= 0.3 is 5.97 Å². The van der Waals surface area contributed by atoms with Gasteiger partial charge in [0, 0.05) is 17.3 Å². The minimum absolute atomic E-state index is 0.000822. The van der Waals surface area contributed by atoms with E-state index >= 15 is 0 Å². The molecule has 1 aliphatic rings. The lowest BCUT2D eigenvalue weighted by Gasteiger charge is -2.11. The van der Waals surface area contributed by atoms with Crippen LogP contribution in [0.2, 0.25) is 0 Å².